The van der Waals surface area contributed by atoms with E-state index in [4.69, 9.17) is 11.5 Å². The highest BCUT2D eigenvalue weighted by Crippen LogP contribution is 2.33. The van der Waals surface area contributed by atoms with E-state index < -0.39 is 11.9 Å². The monoisotopic (exact) mass is 574 g/mol. The van der Waals surface area contributed by atoms with E-state index in [2.05, 4.69) is 25.6 Å². The van der Waals surface area contributed by atoms with Crippen molar-refractivity contribution in [1.29, 1.82) is 0 Å². The number of amides is 2. The molecule has 1 fully saturated rings. The molecule has 1 aliphatic carbocycles. The summed E-state index contributed by atoms with van der Waals surface area (Å²) in [4.78, 5) is 33.0. The highest BCUT2D eigenvalue weighted by Gasteiger charge is 2.36. The van der Waals surface area contributed by atoms with Gasteiger partial charge in [-0.15, -0.1) is 22.6 Å². The summed E-state index contributed by atoms with van der Waals surface area (Å²) in [7, 11) is 0. The minimum atomic E-state index is -0.860. The summed E-state index contributed by atoms with van der Waals surface area (Å²) < 4.78 is 0. The molecule has 0 aliphatic heterocycles. The van der Waals surface area contributed by atoms with Crippen molar-refractivity contribution < 1.29 is 9.59 Å². The molecule has 1 saturated carbocycles. The molecular weight excluding hydrogens is 540 g/mol. The van der Waals surface area contributed by atoms with Gasteiger partial charge < -0.3 is 11.5 Å². The van der Waals surface area contributed by atoms with E-state index in [0.717, 1.165) is 53.6 Å². The molecule has 2 aromatic carbocycles. The maximum Gasteiger partial charge on any atom is 0.240 e. The Kier molecular flexibility index (Phi) is 9.80. The van der Waals surface area contributed by atoms with Gasteiger partial charge in [0.15, 0.2) is 0 Å². The van der Waals surface area contributed by atoms with Crippen LogP contribution in [-0.2, 0) is 16.0 Å². The number of rotatable bonds is 9. The van der Waals surface area contributed by atoms with Crippen LogP contribution in [0.15, 0.2) is 66.9 Å². The molecule has 0 unspecified atom stereocenters. The van der Waals surface area contributed by atoms with Crippen LogP contribution in [0.25, 0.3) is 22.5 Å². The summed E-state index contributed by atoms with van der Waals surface area (Å²) in [5.74, 6) is 0.0330. The summed E-state index contributed by atoms with van der Waals surface area (Å²) in [6.07, 6.45) is 5.33. The smallest absolute Gasteiger partial charge is 0.240 e. The number of benzene rings is 2. The van der Waals surface area contributed by atoms with Crippen LogP contribution in [0.2, 0.25) is 0 Å². The second-order valence-corrected chi connectivity index (χ2v) is 10.4. The van der Waals surface area contributed by atoms with Crippen LogP contribution in [0.5, 0.6) is 0 Å². The molecule has 4 aromatic rings. The first-order chi connectivity index (χ1) is 19.4. The number of anilines is 1. The zero-order valence-corrected chi connectivity index (χ0v) is 23.8. The Morgan fingerprint density at radius 3 is 2.27 bits per heavy atom. The van der Waals surface area contributed by atoms with Crippen molar-refractivity contribution in [2.75, 3.05) is 11.4 Å². The summed E-state index contributed by atoms with van der Waals surface area (Å²) in [6.45, 7) is 2.60. The second kappa shape index (κ2) is 13.5. The highest BCUT2D eigenvalue weighted by atomic mass is 35.5. The Morgan fingerprint density at radius 2 is 1.68 bits per heavy atom. The second-order valence-electron chi connectivity index (χ2n) is 10.4. The molecule has 41 heavy (non-hydrogen) atoms. The summed E-state index contributed by atoms with van der Waals surface area (Å²) in [6, 6.07) is 18.3. The summed E-state index contributed by atoms with van der Waals surface area (Å²) >= 11 is 0. The fourth-order valence-corrected chi connectivity index (χ4v) is 5.51. The number of hydrogen-bond acceptors (Lipinski definition) is 7. The number of aromatic amines is 1. The van der Waals surface area contributed by atoms with Gasteiger partial charge in [0.25, 0.3) is 0 Å². The number of tetrazole rings is 1. The molecule has 214 valence electrons. The Balaban J connectivity index is 0.00000387. The van der Waals surface area contributed by atoms with E-state index in [1.807, 2.05) is 55.5 Å². The van der Waals surface area contributed by atoms with Crippen LogP contribution in [-0.4, -0.2) is 50.0 Å². The van der Waals surface area contributed by atoms with E-state index in [-0.39, 0.29) is 30.7 Å². The number of nitrogens with zero attached hydrogens (tertiary/aromatic N) is 5. The molecule has 2 aromatic heterocycles. The van der Waals surface area contributed by atoms with Crippen LogP contribution < -0.4 is 16.4 Å². The topological polar surface area (TPSA) is 157 Å². The van der Waals surface area contributed by atoms with Crippen LogP contribution >= 0.6 is 12.4 Å². The Bertz CT molecular complexity index is 1440. The zero-order chi connectivity index (χ0) is 28.1. The molecule has 11 heteroatoms. The molecule has 1 aliphatic rings. The van der Waals surface area contributed by atoms with Crippen molar-refractivity contribution in [3.8, 4) is 22.5 Å². The Labute approximate surface area is 245 Å². The molecule has 0 radical (unpaired) electrons. The van der Waals surface area contributed by atoms with E-state index >= 15 is 0 Å². The van der Waals surface area contributed by atoms with Gasteiger partial charge >= 0.3 is 0 Å². The van der Waals surface area contributed by atoms with Gasteiger partial charge in [0.05, 0.1) is 0 Å². The number of aryl methyl sites for hydroxylation is 1. The lowest BCUT2D eigenvalue weighted by atomic mass is 9.81. The maximum atomic E-state index is 14.1. The van der Waals surface area contributed by atoms with Gasteiger partial charge in [-0.1, -0.05) is 30.3 Å². The van der Waals surface area contributed by atoms with Crippen LogP contribution in [0.3, 0.4) is 0 Å². The fourth-order valence-electron chi connectivity index (χ4n) is 5.51. The van der Waals surface area contributed by atoms with Gasteiger partial charge in [-0.05, 0) is 91.7 Å². The van der Waals surface area contributed by atoms with Crippen molar-refractivity contribution in [1.82, 2.24) is 25.6 Å². The SMILES string of the molecule is Cc1ncccc1-c1ccc(C[C@@H](C(N)=O)N(c2ccc(-c3nn[nH]n3)cc2)C(=O)[C@H]2CC[C@H](CN)CC2)cc1.Cl. The number of carbonyl (C=O) groups excluding carboxylic acids is 2. The van der Waals surface area contributed by atoms with Gasteiger partial charge in [0, 0.05) is 41.0 Å². The molecule has 0 saturated heterocycles. The number of pyridine rings is 1. The Morgan fingerprint density at radius 1 is 1.00 bits per heavy atom. The third kappa shape index (κ3) is 6.78. The number of aromatic nitrogens is 5. The molecular formula is C30H35ClN8O2. The average Bonchev–Trinajstić information content (AvgIpc) is 3.53. The number of H-pyrrole nitrogens is 1. The van der Waals surface area contributed by atoms with Gasteiger partial charge in [0.1, 0.15) is 6.04 Å². The number of nitrogens with two attached hydrogens (primary N) is 2. The molecule has 0 spiro atoms. The number of hydrogen-bond donors (Lipinski definition) is 3. The molecule has 0 bridgehead atoms. The average molecular weight is 575 g/mol. The van der Waals surface area contributed by atoms with Crippen molar-refractivity contribution in [3.63, 3.8) is 0 Å². The summed E-state index contributed by atoms with van der Waals surface area (Å²) in [5.41, 5.74) is 17.1. The molecule has 5 N–H and O–H groups in total. The van der Waals surface area contributed by atoms with Crippen molar-refractivity contribution >= 4 is 29.9 Å². The standard InChI is InChI=1S/C30H34N8O2.ClH/c1-19-26(3-2-16-33-19)22-8-4-20(5-9-22)17-27(28(32)39)38(30(40)24-10-6-21(18-31)7-11-24)25-14-12-23(13-15-25)29-34-36-37-35-29;/h2-5,8-9,12-16,21,24,27H,6-7,10-11,17-18,31H2,1H3,(H2,32,39)(H,34,35,36,37);1H/t21-,24-,27-;/m0./s1. The number of nitrogens with one attached hydrogen (secondary N) is 1. The first-order valence-corrected chi connectivity index (χ1v) is 13.6. The highest BCUT2D eigenvalue weighted by molar-refractivity contribution is 6.01. The fraction of sp³-hybridized carbons (Fsp3) is 0.333. The predicted molar refractivity (Wildman–Crippen MR) is 160 cm³/mol. The van der Waals surface area contributed by atoms with E-state index in [0.29, 0.717) is 24.0 Å². The first kappa shape index (κ1) is 29.8. The number of carbonyl (C=O) groups is 2. The molecule has 1 atom stereocenters. The van der Waals surface area contributed by atoms with Crippen LogP contribution in [0.1, 0.15) is 36.9 Å². The van der Waals surface area contributed by atoms with E-state index in [1.165, 1.54) is 0 Å². The number of primary amides is 1. The Hall–Kier alpha value is -4.15. The summed E-state index contributed by atoms with van der Waals surface area (Å²) in [5, 5.41) is 14.1. The lowest BCUT2D eigenvalue weighted by molar-refractivity contribution is -0.127. The third-order valence-electron chi connectivity index (χ3n) is 7.86. The van der Waals surface area contributed by atoms with Crippen molar-refractivity contribution in [2.24, 2.45) is 23.3 Å². The molecule has 2 heterocycles. The first-order valence-electron chi connectivity index (χ1n) is 13.6. The normalized spacial score (nSPS) is 17.3. The van der Waals surface area contributed by atoms with Gasteiger partial charge in [-0.25, -0.2) is 0 Å². The number of halogens is 1. The van der Waals surface area contributed by atoms with E-state index in [9.17, 15) is 9.59 Å². The van der Waals surface area contributed by atoms with Crippen molar-refractivity contribution in [3.05, 3.63) is 78.1 Å². The van der Waals surface area contributed by atoms with Gasteiger partial charge in [-0.3, -0.25) is 19.5 Å². The minimum absolute atomic E-state index is 0. The van der Waals surface area contributed by atoms with Gasteiger partial charge in [0.2, 0.25) is 17.6 Å². The van der Waals surface area contributed by atoms with Crippen molar-refractivity contribution in [2.45, 2.75) is 45.1 Å². The zero-order valence-electron chi connectivity index (χ0n) is 22.9. The lowest BCUT2D eigenvalue weighted by Crippen LogP contribution is -2.52. The van der Waals surface area contributed by atoms with Crippen LogP contribution in [0, 0.1) is 18.8 Å². The van der Waals surface area contributed by atoms with Gasteiger partial charge in [-0.2, -0.15) is 5.21 Å². The molecule has 10 nitrogen and oxygen atoms in total. The predicted octanol–water partition coefficient (Wildman–Crippen LogP) is 3.85. The quantitative estimate of drug-likeness (QED) is 0.274. The van der Waals surface area contributed by atoms with Crippen LogP contribution in [0.4, 0.5) is 5.69 Å². The largest absolute Gasteiger partial charge is 0.368 e. The van der Waals surface area contributed by atoms with E-state index in [1.54, 1.807) is 23.2 Å². The minimum Gasteiger partial charge on any atom is -0.368 e. The molecule has 2 amide bonds. The maximum absolute atomic E-state index is 14.1. The lowest BCUT2D eigenvalue weighted by Gasteiger charge is -2.35. The third-order valence-corrected chi connectivity index (χ3v) is 7.86. The molecule has 5 rings (SSSR count).